The van der Waals surface area contributed by atoms with Gasteiger partial charge in [-0.25, -0.2) is 9.97 Å². The van der Waals surface area contributed by atoms with E-state index in [0.29, 0.717) is 0 Å². The molecule has 1 aromatic rings. The fourth-order valence-corrected chi connectivity index (χ4v) is 2.61. The van der Waals surface area contributed by atoms with Crippen molar-refractivity contribution >= 4 is 11.7 Å². The molecule has 19 heavy (non-hydrogen) atoms. The highest BCUT2D eigenvalue weighted by atomic mass is 15.2. The third-order valence-electron chi connectivity index (χ3n) is 3.79. The van der Waals surface area contributed by atoms with Crippen LogP contribution in [-0.4, -0.2) is 29.4 Å². The van der Waals surface area contributed by atoms with E-state index in [9.17, 15) is 0 Å². The lowest BCUT2D eigenvalue weighted by atomic mass is 10.1. The maximum atomic E-state index is 7.50. The molecule has 0 aliphatic heterocycles. The summed E-state index contributed by atoms with van der Waals surface area (Å²) >= 11 is 0. The quantitative estimate of drug-likeness (QED) is 0.492. The van der Waals surface area contributed by atoms with Crippen LogP contribution in [0.15, 0.2) is 6.33 Å². The van der Waals surface area contributed by atoms with Crippen LogP contribution in [0.4, 0.5) is 5.82 Å². The number of amidine groups is 1. The van der Waals surface area contributed by atoms with E-state index in [2.05, 4.69) is 14.9 Å². The summed E-state index contributed by atoms with van der Waals surface area (Å²) < 4.78 is 0. The Hall–Kier alpha value is -1.65. The number of aryl methyl sites for hydroxylation is 1. The van der Waals surface area contributed by atoms with E-state index in [1.54, 1.807) is 6.33 Å². The molecule has 0 spiro atoms. The van der Waals surface area contributed by atoms with Crippen molar-refractivity contribution in [3.05, 3.63) is 17.6 Å². The second kappa shape index (κ2) is 5.99. The molecule has 0 bridgehead atoms. The van der Waals surface area contributed by atoms with Gasteiger partial charge in [-0.15, -0.1) is 0 Å². The second-order valence-corrected chi connectivity index (χ2v) is 5.42. The van der Waals surface area contributed by atoms with E-state index in [-0.39, 0.29) is 11.8 Å². The zero-order valence-corrected chi connectivity index (χ0v) is 11.8. The maximum Gasteiger partial charge on any atom is 0.135 e. The SMILES string of the molecule is CC(CN(C)c1ncnc2c1CCCCC2)C(=N)N. The topological polar surface area (TPSA) is 78.9 Å². The summed E-state index contributed by atoms with van der Waals surface area (Å²) in [5, 5.41) is 7.50. The van der Waals surface area contributed by atoms with Crippen LogP contribution in [0.1, 0.15) is 37.4 Å². The summed E-state index contributed by atoms with van der Waals surface area (Å²) in [5.41, 5.74) is 8.04. The van der Waals surface area contributed by atoms with Crippen LogP contribution in [0.3, 0.4) is 0 Å². The molecule has 104 valence electrons. The summed E-state index contributed by atoms with van der Waals surface area (Å²) in [6.07, 6.45) is 7.48. The average Bonchev–Trinajstić information content (AvgIpc) is 2.62. The number of aromatic nitrogens is 2. The normalized spacial score (nSPS) is 16.3. The lowest BCUT2D eigenvalue weighted by molar-refractivity contribution is 0.704. The highest BCUT2D eigenvalue weighted by molar-refractivity contribution is 5.79. The zero-order chi connectivity index (χ0) is 13.8. The van der Waals surface area contributed by atoms with E-state index in [4.69, 9.17) is 11.1 Å². The summed E-state index contributed by atoms with van der Waals surface area (Å²) in [6, 6.07) is 0. The van der Waals surface area contributed by atoms with E-state index in [1.165, 1.54) is 30.5 Å². The first-order valence-corrected chi connectivity index (χ1v) is 6.97. The Labute approximate surface area is 114 Å². The third-order valence-corrected chi connectivity index (χ3v) is 3.79. The van der Waals surface area contributed by atoms with Crippen molar-refractivity contribution in [2.24, 2.45) is 11.7 Å². The van der Waals surface area contributed by atoms with Crippen molar-refractivity contribution in [1.82, 2.24) is 9.97 Å². The van der Waals surface area contributed by atoms with Gasteiger partial charge in [0.05, 0.1) is 5.84 Å². The van der Waals surface area contributed by atoms with Crippen LogP contribution in [0.25, 0.3) is 0 Å². The molecule has 1 unspecified atom stereocenters. The molecule has 0 radical (unpaired) electrons. The van der Waals surface area contributed by atoms with Crippen LogP contribution in [-0.2, 0) is 12.8 Å². The van der Waals surface area contributed by atoms with Gasteiger partial charge in [0.15, 0.2) is 0 Å². The molecule has 5 heteroatoms. The van der Waals surface area contributed by atoms with Gasteiger partial charge in [-0.2, -0.15) is 0 Å². The zero-order valence-electron chi connectivity index (χ0n) is 11.8. The molecular weight excluding hydrogens is 238 g/mol. The first-order valence-electron chi connectivity index (χ1n) is 6.97. The van der Waals surface area contributed by atoms with Gasteiger partial charge < -0.3 is 10.6 Å². The van der Waals surface area contributed by atoms with Crippen molar-refractivity contribution in [1.29, 1.82) is 5.41 Å². The minimum atomic E-state index is 0.0430. The van der Waals surface area contributed by atoms with Gasteiger partial charge in [0, 0.05) is 30.8 Å². The number of nitrogens with zero attached hydrogens (tertiary/aromatic N) is 3. The van der Waals surface area contributed by atoms with Gasteiger partial charge in [0.2, 0.25) is 0 Å². The van der Waals surface area contributed by atoms with Gasteiger partial charge in [-0.3, -0.25) is 5.41 Å². The third kappa shape index (κ3) is 3.22. The molecule has 1 aromatic heterocycles. The number of nitrogens with one attached hydrogen (secondary N) is 1. The average molecular weight is 261 g/mol. The van der Waals surface area contributed by atoms with Crippen molar-refractivity contribution in [3.8, 4) is 0 Å². The Morgan fingerprint density at radius 1 is 1.37 bits per heavy atom. The molecule has 5 nitrogen and oxygen atoms in total. The predicted octanol–water partition coefficient (Wildman–Crippen LogP) is 1.75. The number of anilines is 1. The van der Waals surface area contributed by atoms with Crippen molar-refractivity contribution in [2.75, 3.05) is 18.5 Å². The highest BCUT2D eigenvalue weighted by Crippen LogP contribution is 2.26. The first-order chi connectivity index (χ1) is 9.09. The summed E-state index contributed by atoms with van der Waals surface area (Å²) in [4.78, 5) is 11.0. The monoisotopic (exact) mass is 261 g/mol. The molecule has 0 aromatic carbocycles. The number of fused-ring (bicyclic) bond motifs is 1. The Bertz CT molecular complexity index is 457. The second-order valence-electron chi connectivity index (χ2n) is 5.42. The van der Waals surface area contributed by atoms with Gasteiger partial charge in [0.1, 0.15) is 12.1 Å². The fraction of sp³-hybridized carbons (Fsp3) is 0.643. The lowest BCUT2D eigenvalue weighted by Crippen LogP contribution is -2.33. The number of hydrogen-bond donors (Lipinski definition) is 2. The molecule has 3 N–H and O–H groups in total. The lowest BCUT2D eigenvalue weighted by Gasteiger charge is -2.24. The molecule has 0 saturated carbocycles. The van der Waals surface area contributed by atoms with Crippen LogP contribution < -0.4 is 10.6 Å². The largest absolute Gasteiger partial charge is 0.387 e. The van der Waals surface area contributed by atoms with E-state index in [0.717, 1.165) is 25.2 Å². The smallest absolute Gasteiger partial charge is 0.135 e. The molecule has 1 aliphatic carbocycles. The molecule has 2 rings (SSSR count). The molecule has 0 fully saturated rings. The van der Waals surface area contributed by atoms with Gasteiger partial charge in [-0.05, 0) is 25.7 Å². The Kier molecular flexibility index (Phi) is 4.35. The summed E-state index contributed by atoms with van der Waals surface area (Å²) in [5.74, 6) is 1.29. The van der Waals surface area contributed by atoms with Crippen molar-refractivity contribution in [3.63, 3.8) is 0 Å². The molecular formula is C14H23N5. The minimum absolute atomic E-state index is 0.0430. The Morgan fingerprint density at radius 2 is 2.11 bits per heavy atom. The van der Waals surface area contributed by atoms with Crippen LogP contribution in [0.5, 0.6) is 0 Å². The molecule has 1 aliphatic rings. The minimum Gasteiger partial charge on any atom is -0.387 e. The molecule has 0 amide bonds. The van der Waals surface area contributed by atoms with E-state index >= 15 is 0 Å². The van der Waals surface area contributed by atoms with Crippen LogP contribution in [0, 0.1) is 11.3 Å². The number of hydrogen-bond acceptors (Lipinski definition) is 4. The van der Waals surface area contributed by atoms with Gasteiger partial charge in [0.25, 0.3) is 0 Å². The Balaban J connectivity index is 2.22. The summed E-state index contributed by atoms with van der Waals surface area (Å²) in [6.45, 7) is 2.69. The highest BCUT2D eigenvalue weighted by Gasteiger charge is 2.18. The number of nitrogens with two attached hydrogens (primary N) is 1. The fourth-order valence-electron chi connectivity index (χ4n) is 2.61. The Morgan fingerprint density at radius 3 is 2.84 bits per heavy atom. The standard InChI is InChI=1S/C14H23N5/c1-10(13(15)16)8-19(2)14-11-6-4-3-5-7-12(11)17-9-18-14/h9-10H,3-8H2,1-2H3,(H3,15,16). The van der Waals surface area contributed by atoms with Crippen LogP contribution >= 0.6 is 0 Å². The maximum absolute atomic E-state index is 7.50. The van der Waals surface area contributed by atoms with Gasteiger partial charge >= 0.3 is 0 Å². The van der Waals surface area contributed by atoms with Crippen molar-refractivity contribution in [2.45, 2.75) is 39.0 Å². The van der Waals surface area contributed by atoms with E-state index in [1.807, 2.05) is 14.0 Å². The van der Waals surface area contributed by atoms with E-state index < -0.39 is 0 Å². The predicted molar refractivity (Wildman–Crippen MR) is 77.6 cm³/mol. The first kappa shape index (κ1) is 13.8. The van der Waals surface area contributed by atoms with Crippen molar-refractivity contribution < 1.29 is 0 Å². The molecule has 1 heterocycles. The van der Waals surface area contributed by atoms with Crippen LogP contribution in [0.2, 0.25) is 0 Å². The molecule has 1 atom stereocenters. The molecule has 0 saturated heterocycles. The summed E-state index contributed by atoms with van der Waals surface area (Å²) in [7, 11) is 2.02. The number of rotatable bonds is 4. The van der Waals surface area contributed by atoms with Gasteiger partial charge in [-0.1, -0.05) is 13.3 Å².